The van der Waals surface area contributed by atoms with Crippen LogP contribution in [-0.2, 0) is 20.0 Å². The second-order valence-corrected chi connectivity index (χ2v) is 11.1. The first kappa shape index (κ1) is 30.6. The molecule has 0 aromatic rings. The molecular weight excluding hydrogens is 450 g/mol. The van der Waals surface area contributed by atoms with E-state index in [1.807, 2.05) is 0 Å². The molecule has 1 unspecified atom stereocenters. The molecule has 1 atom stereocenters. The van der Waals surface area contributed by atoms with Crippen LogP contribution in [0.2, 0.25) is 0 Å². The number of unbranched alkanes of at least 4 members (excludes halogenated alkanes) is 3. The smallest absolute Gasteiger partial charge is 0.421 e. The van der Waals surface area contributed by atoms with Crippen molar-refractivity contribution >= 4 is 20.0 Å². The van der Waals surface area contributed by atoms with Crippen molar-refractivity contribution in [2.24, 2.45) is 0 Å². The van der Waals surface area contributed by atoms with Crippen molar-refractivity contribution in [3.63, 3.8) is 0 Å². The molecule has 0 fully saturated rings. The number of hydrogen-bond donors (Lipinski definition) is 1. The minimum absolute atomic E-state index is 0.403. The molecule has 0 aromatic carbocycles. The molecule has 0 rings (SSSR count). The molecule has 6 nitrogen and oxygen atoms in total. The van der Waals surface area contributed by atoms with E-state index >= 15 is 0 Å². The van der Waals surface area contributed by atoms with Gasteiger partial charge in [-0.3, -0.25) is 0 Å². The molecule has 0 saturated carbocycles. The highest BCUT2D eigenvalue weighted by molar-refractivity contribution is 8.13. The molecule has 0 saturated heterocycles. The zero-order valence-corrected chi connectivity index (χ0v) is 18.9. The van der Waals surface area contributed by atoms with E-state index in [0.29, 0.717) is 5.54 Å². The Morgan fingerprint density at radius 2 is 1.17 bits per heavy atom. The number of quaternary nitrogens is 1. The lowest BCUT2D eigenvalue weighted by atomic mass is 10.0. The Labute approximate surface area is 169 Å². The summed E-state index contributed by atoms with van der Waals surface area (Å²) >= 11 is 0. The van der Waals surface area contributed by atoms with E-state index in [4.69, 9.17) is 0 Å². The molecule has 1 N–H and O–H groups in total. The van der Waals surface area contributed by atoms with Crippen LogP contribution in [-0.4, -0.2) is 46.0 Å². The van der Waals surface area contributed by atoms with Gasteiger partial charge in [0.1, 0.15) is 0 Å². The SMILES string of the molecule is CCCCCC[NH+](C(C)C)C(C)(C)C.O=S(=O)([N-]S(=O)(=O)C(F)(F)F)C(F)(F)F. The summed E-state index contributed by atoms with van der Waals surface area (Å²) in [4.78, 5) is 1.74. The van der Waals surface area contributed by atoms with E-state index in [9.17, 15) is 43.2 Å². The summed E-state index contributed by atoms with van der Waals surface area (Å²) in [7, 11) is -13.4. The maximum absolute atomic E-state index is 11.4. The molecule has 0 aliphatic carbocycles. The van der Waals surface area contributed by atoms with Crippen LogP contribution in [0.4, 0.5) is 26.3 Å². The number of sulfonamides is 2. The molecule has 0 aliphatic heterocycles. The van der Waals surface area contributed by atoms with Crippen molar-refractivity contribution in [2.45, 2.75) is 89.8 Å². The van der Waals surface area contributed by atoms with Gasteiger partial charge >= 0.3 is 11.0 Å². The van der Waals surface area contributed by atoms with Crippen LogP contribution in [0, 0.1) is 0 Å². The van der Waals surface area contributed by atoms with Gasteiger partial charge in [0.15, 0.2) is 20.0 Å². The first-order valence-corrected chi connectivity index (χ1v) is 11.7. The second kappa shape index (κ2) is 11.1. The van der Waals surface area contributed by atoms with Crippen molar-refractivity contribution < 1.29 is 48.1 Å². The third-order valence-electron chi connectivity index (χ3n) is 3.74. The average Bonchev–Trinajstić information content (AvgIpc) is 2.42. The Hall–Kier alpha value is -0.600. The molecule has 0 spiro atoms. The predicted molar refractivity (Wildman–Crippen MR) is 98.2 cm³/mol. The predicted octanol–water partition coefficient (Wildman–Crippen LogP) is 3.72. The Kier molecular flexibility index (Phi) is 11.8. The summed E-state index contributed by atoms with van der Waals surface area (Å²) in [5, 5.41) is 0. The van der Waals surface area contributed by atoms with E-state index < -0.39 is 31.1 Å². The molecule has 0 aliphatic rings. The van der Waals surface area contributed by atoms with Gasteiger partial charge in [0.25, 0.3) is 0 Å². The van der Waals surface area contributed by atoms with E-state index in [-0.39, 0.29) is 0 Å². The minimum Gasteiger partial charge on any atom is -0.421 e. The van der Waals surface area contributed by atoms with Crippen LogP contribution >= 0.6 is 0 Å². The summed E-state index contributed by atoms with van der Waals surface area (Å²) < 4.78 is 109. The standard InChI is InChI=1S/C13H29N.C2F6NO4S2/c1-7-8-9-10-11-14(12(2)3)13(4,5)6;3-1(4,5)14(10,11)9-15(12,13)2(6,7)8/h12H,7-11H2,1-6H3;/q;-1/p+1. The third-order valence-corrected chi connectivity index (χ3v) is 6.48. The number of nitrogens with zero attached hydrogens (tertiary/aromatic N) is 1. The Balaban J connectivity index is 0. The highest BCUT2D eigenvalue weighted by Gasteiger charge is 2.46. The van der Waals surface area contributed by atoms with Gasteiger partial charge in [-0.25, -0.2) is 16.8 Å². The Morgan fingerprint density at radius 1 is 0.793 bits per heavy atom. The highest BCUT2D eigenvalue weighted by Crippen LogP contribution is 2.36. The highest BCUT2D eigenvalue weighted by atomic mass is 32.3. The third kappa shape index (κ3) is 11.4. The number of halogens is 6. The average molecular weight is 481 g/mol. The van der Waals surface area contributed by atoms with Crippen molar-refractivity contribution in [3.8, 4) is 0 Å². The quantitative estimate of drug-likeness (QED) is 0.424. The van der Waals surface area contributed by atoms with Gasteiger partial charge in [-0.15, -0.1) is 0 Å². The maximum atomic E-state index is 11.4. The Bertz CT molecular complexity index is 639. The normalized spacial score (nSPS) is 15.1. The summed E-state index contributed by atoms with van der Waals surface area (Å²) in [6.45, 7) is 15.3. The largest absolute Gasteiger partial charge is 0.480 e. The molecule has 14 heteroatoms. The topological polar surface area (TPSA) is 86.8 Å². The van der Waals surface area contributed by atoms with Crippen LogP contribution in [0.25, 0.3) is 4.13 Å². The number of nitrogens with one attached hydrogen (secondary N) is 1. The summed E-state index contributed by atoms with van der Waals surface area (Å²) in [6, 6.07) is 0.747. The second-order valence-electron chi connectivity index (χ2n) is 7.66. The van der Waals surface area contributed by atoms with Crippen LogP contribution in [0.15, 0.2) is 0 Å². The number of hydrogen-bond acceptors (Lipinski definition) is 4. The monoisotopic (exact) mass is 480 g/mol. The van der Waals surface area contributed by atoms with E-state index in [1.165, 1.54) is 32.2 Å². The Morgan fingerprint density at radius 3 is 1.41 bits per heavy atom. The van der Waals surface area contributed by atoms with E-state index in [1.54, 1.807) is 4.90 Å². The minimum atomic E-state index is -6.72. The van der Waals surface area contributed by atoms with E-state index in [0.717, 1.165) is 10.2 Å². The molecule has 0 aromatic heterocycles. The van der Waals surface area contributed by atoms with Gasteiger partial charge in [0, 0.05) is 0 Å². The lowest BCUT2D eigenvalue weighted by molar-refractivity contribution is -0.966. The molecule has 178 valence electrons. The summed E-state index contributed by atoms with van der Waals surface area (Å²) in [6.07, 6.45) is 5.53. The number of rotatable bonds is 8. The molecule has 0 amide bonds. The zero-order chi connectivity index (χ0) is 23.9. The van der Waals surface area contributed by atoms with Gasteiger partial charge < -0.3 is 9.03 Å². The van der Waals surface area contributed by atoms with Crippen molar-refractivity contribution in [1.82, 2.24) is 0 Å². The summed E-state index contributed by atoms with van der Waals surface area (Å²) in [5.41, 5.74) is -12.0. The number of alkyl halides is 6. The fourth-order valence-electron chi connectivity index (χ4n) is 2.49. The van der Waals surface area contributed by atoms with Gasteiger partial charge in [-0.2, -0.15) is 26.3 Å². The van der Waals surface area contributed by atoms with Gasteiger partial charge in [-0.05, 0) is 47.5 Å². The van der Waals surface area contributed by atoms with E-state index in [2.05, 4.69) is 41.5 Å². The fourth-order valence-corrected chi connectivity index (χ4v) is 4.20. The van der Waals surface area contributed by atoms with Crippen molar-refractivity contribution in [2.75, 3.05) is 6.54 Å². The van der Waals surface area contributed by atoms with Crippen molar-refractivity contribution in [1.29, 1.82) is 0 Å². The first-order valence-electron chi connectivity index (χ1n) is 8.83. The molecular formula is C15H30F6N2O4S2. The van der Waals surface area contributed by atoms with Crippen LogP contribution in [0.1, 0.15) is 67.2 Å². The van der Waals surface area contributed by atoms with Crippen LogP contribution < -0.4 is 4.90 Å². The molecule has 0 heterocycles. The van der Waals surface area contributed by atoms with Gasteiger partial charge in [0.05, 0.1) is 18.1 Å². The van der Waals surface area contributed by atoms with Crippen LogP contribution in [0.3, 0.4) is 0 Å². The lowest BCUT2D eigenvalue weighted by Crippen LogP contribution is -3.21. The summed E-state index contributed by atoms with van der Waals surface area (Å²) in [5.74, 6) is 0. The molecule has 0 bridgehead atoms. The maximum Gasteiger partial charge on any atom is 0.480 e. The first-order chi connectivity index (χ1) is 12.6. The van der Waals surface area contributed by atoms with Crippen molar-refractivity contribution in [3.05, 3.63) is 4.13 Å². The van der Waals surface area contributed by atoms with Gasteiger partial charge in [0.2, 0.25) is 0 Å². The fraction of sp³-hybridized carbons (Fsp3) is 1.00. The molecule has 29 heavy (non-hydrogen) atoms. The molecule has 0 radical (unpaired) electrons. The lowest BCUT2D eigenvalue weighted by Gasteiger charge is -2.35. The van der Waals surface area contributed by atoms with Crippen LogP contribution in [0.5, 0.6) is 0 Å². The van der Waals surface area contributed by atoms with Gasteiger partial charge in [-0.1, -0.05) is 19.8 Å². The zero-order valence-electron chi connectivity index (χ0n) is 17.3.